The first kappa shape index (κ1) is 13.8. The Morgan fingerprint density at radius 3 is 2.76 bits per heavy atom. The molecule has 0 saturated carbocycles. The van der Waals surface area contributed by atoms with Crippen molar-refractivity contribution in [1.82, 2.24) is 24.5 Å². The van der Waals surface area contributed by atoms with E-state index < -0.39 is 0 Å². The van der Waals surface area contributed by atoms with Gasteiger partial charge < -0.3 is 5.73 Å². The lowest BCUT2D eigenvalue weighted by atomic mass is 10.2. The summed E-state index contributed by atoms with van der Waals surface area (Å²) in [5.41, 5.74) is 9.42. The highest BCUT2D eigenvalue weighted by Gasteiger charge is 2.12. The lowest BCUT2D eigenvalue weighted by molar-refractivity contribution is 0.617. The molecule has 0 unspecified atom stereocenters. The Morgan fingerprint density at radius 1 is 1.29 bits per heavy atom. The lowest BCUT2D eigenvalue weighted by Crippen LogP contribution is -2.06. The minimum Gasteiger partial charge on any atom is -0.399 e. The number of nitrogens with two attached hydrogens (primary N) is 1. The van der Waals surface area contributed by atoms with Gasteiger partial charge in [-0.1, -0.05) is 12.1 Å². The van der Waals surface area contributed by atoms with Crippen molar-refractivity contribution in [2.75, 3.05) is 5.73 Å². The van der Waals surface area contributed by atoms with Crippen LogP contribution < -0.4 is 5.73 Å². The Balaban J connectivity index is 1.89. The van der Waals surface area contributed by atoms with Gasteiger partial charge in [0.05, 0.1) is 22.4 Å². The first-order chi connectivity index (χ1) is 10.0. The molecular formula is C14H15BrN6. The third-order valence-corrected chi connectivity index (χ3v) is 4.29. The Kier molecular flexibility index (Phi) is 3.50. The summed E-state index contributed by atoms with van der Waals surface area (Å²) in [5.74, 6) is 0.664. The van der Waals surface area contributed by atoms with E-state index in [9.17, 15) is 0 Å². The molecule has 0 aliphatic carbocycles. The molecule has 0 fully saturated rings. The average molecular weight is 347 g/mol. The number of aromatic nitrogens is 5. The van der Waals surface area contributed by atoms with Crippen molar-refractivity contribution in [2.24, 2.45) is 7.05 Å². The van der Waals surface area contributed by atoms with Gasteiger partial charge in [0.1, 0.15) is 6.33 Å². The third kappa shape index (κ3) is 2.69. The molecule has 0 bridgehead atoms. The Labute approximate surface area is 130 Å². The highest BCUT2D eigenvalue weighted by molar-refractivity contribution is 9.10. The van der Waals surface area contributed by atoms with Gasteiger partial charge in [0.2, 0.25) is 0 Å². The molecule has 21 heavy (non-hydrogen) atoms. The zero-order valence-electron chi connectivity index (χ0n) is 11.8. The normalized spacial score (nSPS) is 11.0. The molecule has 6 nitrogen and oxygen atoms in total. The van der Waals surface area contributed by atoms with Gasteiger partial charge in [0.15, 0.2) is 5.82 Å². The number of hydrogen-bond acceptors (Lipinski definition) is 4. The number of halogens is 1. The van der Waals surface area contributed by atoms with Crippen LogP contribution >= 0.6 is 15.9 Å². The Morgan fingerprint density at radius 2 is 2.10 bits per heavy atom. The first-order valence-electron chi connectivity index (χ1n) is 6.48. The van der Waals surface area contributed by atoms with Crippen LogP contribution in [0.1, 0.15) is 11.4 Å². The summed E-state index contributed by atoms with van der Waals surface area (Å²) < 4.78 is 4.65. The van der Waals surface area contributed by atoms with Gasteiger partial charge >= 0.3 is 0 Å². The third-order valence-electron chi connectivity index (χ3n) is 3.25. The highest BCUT2D eigenvalue weighted by Crippen LogP contribution is 2.22. The monoisotopic (exact) mass is 346 g/mol. The van der Waals surface area contributed by atoms with Gasteiger partial charge in [0.25, 0.3) is 0 Å². The van der Waals surface area contributed by atoms with E-state index in [0.29, 0.717) is 18.1 Å². The van der Waals surface area contributed by atoms with Gasteiger partial charge in [-0.15, -0.1) is 0 Å². The molecule has 1 aromatic carbocycles. The minimum absolute atomic E-state index is 0.604. The molecule has 2 heterocycles. The Hall–Kier alpha value is -2.15. The number of anilines is 1. The molecule has 0 aliphatic rings. The standard InChI is InChI=1S/C14H15BrN6/c1-9-13(15)12(20(2)18-9)7-21-8-17-14(19-21)10-4-3-5-11(16)6-10/h3-6,8H,7,16H2,1-2H3. The van der Waals surface area contributed by atoms with Crippen LogP contribution in [0.15, 0.2) is 35.1 Å². The molecular weight excluding hydrogens is 332 g/mol. The first-order valence-corrected chi connectivity index (χ1v) is 7.27. The molecule has 2 aromatic heterocycles. The van der Waals surface area contributed by atoms with Crippen LogP contribution in [-0.4, -0.2) is 24.5 Å². The van der Waals surface area contributed by atoms with Crippen LogP contribution in [0.25, 0.3) is 11.4 Å². The van der Waals surface area contributed by atoms with Crippen LogP contribution in [0.3, 0.4) is 0 Å². The number of hydrogen-bond donors (Lipinski definition) is 1. The number of nitrogen functional groups attached to an aromatic ring is 1. The van der Waals surface area contributed by atoms with Crippen LogP contribution in [0, 0.1) is 6.92 Å². The summed E-state index contributed by atoms with van der Waals surface area (Å²) in [6, 6.07) is 7.55. The molecule has 3 aromatic rings. The van der Waals surface area contributed by atoms with E-state index in [1.54, 1.807) is 11.0 Å². The minimum atomic E-state index is 0.604. The number of benzene rings is 1. The topological polar surface area (TPSA) is 74.5 Å². The van der Waals surface area contributed by atoms with E-state index in [-0.39, 0.29) is 0 Å². The second-order valence-electron chi connectivity index (χ2n) is 4.86. The molecule has 7 heteroatoms. The number of rotatable bonds is 3. The van der Waals surface area contributed by atoms with E-state index >= 15 is 0 Å². The van der Waals surface area contributed by atoms with E-state index in [1.165, 1.54) is 0 Å². The van der Waals surface area contributed by atoms with Gasteiger partial charge in [-0.05, 0) is 35.0 Å². The fraction of sp³-hybridized carbons (Fsp3) is 0.214. The van der Waals surface area contributed by atoms with Crippen LogP contribution in [-0.2, 0) is 13.6 Å². The van der Waals surface area contributed by atoms with E-state index in [4.69, 9.17) is 5.73 Å². The summed E-state index contributed by atoms with van der Waals surface area (Å²) in [6.07, 6.45) is 1.72. The van der Waals surface area contributed by atoms with Crippen LogP contribution in [0.2, 0.25) is 0 Å². The van der Waals surface area contributed by atoms with Gasteiger partial charge in [0, 0.05) is 18.3 Å². The summed E-state index contributed by atoms with van der Waals surface area (Å²) >= 11 is 3.56. The molecule has 0 spiro atoms. The SMILES string of the molecule is Cc1nn(C)c(Cn2cnc(-c3cccc(N)c3)n2)c1Br. The largest absolute Gasteiger partial charge is 0.399 e. The van der Waals surface area contributed by atoms with Crippen molar-refractivity contribution >= 4 is 21.6 Å². The molecule has 0 radical (unpaired) electrons. The Bertz CT molecular complexity index is 789. The fourth-order valence-corrected chi connectivity index (χ4v) is 2.65. The molecule has 108 valence electrons. The van der Waals surface area contributed by atoms with Crippen molar-refractivity contribution < 1.29 is 0 Å². The number of aryl methyl sites for hydroxylation is 2. The summed E-state index contributed by atoms with van der Waals surface area (Å²) in [7, 11) is 1.92. The second kappa shape index (κ2) is 5.33. The average Bonchev–Trinajstić information content (AvgIpc) is 3.00. The smallest absolute Gasteiger partial charge is 0.181 e. The summed E-state index contributed by atoms with van der Waals surface area (Å²) in [4.78, 5) is 4.34. The molecule has 2 N–H and O–H groups in total. The lowest BCUT2D eigenvalue weighted by Gasteiger charge is -2.02. The maximum atomic E-state index is 5.79. The summed E-state index contributed by atoms with van der Waals surface area (Å²) in [6.45, 7) is 2.57. The maximum Gasteiger partial charge on any atom is 0.181 e. The van der Waals surface area contributed by atoms with Gasteiger partial charge in [-0.2, -0.15) is 10.2 Å². The van der Waals surface area contributed by atoms with Crippen molar-refractivity contribution in [3.8, 4) is 11.4 Å². The van der Waals surface area contributed by atoms with E-state index in [0.717, 1.165) is 21.4 Å². The van der Waals surface area contributed by atoms with Crippen molar-refractivity contribution in [2.45, 2.75) is 13.5 Å². The molecule has 0 aliphatic heterocycles. The highest BCUT2D eigenvalue weighted by atomic mass is 79.9. The van der Waals surface area contributed by atoms with Gasteiger partial charge in [-0.3, -0.25) is 4.68 Å². The van der Waals surface area contributed by atoms with Crippen molar-refractivity contribution in [3.63, 3.8) is 0 Å². The molecule has 0 atom stereocenters. The van der Waals surface area contributed by atoms with Crippen molar-refractivity contribution in [1.29, 1.82) is 0 Å². The maximum absolute atomic E-state index is 5.79. The quantitative estimate of drug-likeness (QED) is 0.738. The predicted molar refractivity (Wildman–Crippen MR) is 84.6 cm³/mol. The van der Waals surface area contributed by atoms with E-state index in [2.05, 4.69) is 31.1 Å². The summed E-state index contributed by atoms with van der Waals surface area (Å²) in [5, 5.41) is 8.87. The van der Waals surface area contributed by atoms with Crippen LogP contribution in [0.5, 0.6) is 0 Å². The zero-order chi connectivity index (χ0) is 15.0. The predicted octanol–water partition coefficient (Wildman–Crippen LogP) is 2.38. The van der Waals surface area contributed by atoms with Crippen LogP contribution in [0.4, 0.5) is 5.69 Å². The van der Waals surface area contributed by atoms with Crippen molar-refractivity contribution in [3.05, 3.63) is 46.5 Å². The zero-order valence-corrected chi connectivity index (χ0v) is 13.4. The number of nitrogens with zero attached hydrogens (tertiary/aromatic N) is 5. The molecule has 0 saturated heterocycles. The van der Waals surface area contributed by atoms with Gasteiger partial charge in [-0.25, -0.2) is 9.67 Å². The molecule has 3 rings (SSSR count). The molecule has 0 amide bonds. The second-order valence-corrected chi connectivity index (χ2v) is 5.65. The fourth-order valence-electron chi connectivity index (χ4n) is 2.19. The van der Waals surface area contributed by atoms with E-state index in [1.807, 2.05) is 42.9 Å².